The van der Waals surface area contributed by atoms with E-state index in [-0.39, 0.29) is 5.69 Å². The van der Waals surface area contributed by atoms with E-state index in [2.05, 4.69) is 21.2 Å². The van der Waals surface area contributed by atoms with Crippen LogP contribution >= 0.6 is 15.9 Å². The molecule has 0 saturated heterocycles. The summed E-state index contributed by atoms with van der Waals surface area (Å²) in [7, 11) is 0. The van der Waals surface area contributed by atoms with E-state index in [1.807, 2.05) is 13.8 Å². The Morgan fingerprint density at radius 2 is 2.12 bits per heavy atom. The zero-order valence-electron chi connectivity index (χ0n) is 9.90. The van der Waals surface area contributed by atoms with Crippen LogP contribution in [-0.2, 0) is 0 Å². The lowest BCUT2D eigenvalue weighted by molar-refractivity contribution is -0.384. The van der Waals surface area contributed by atoms with Crippen LogP contribution in [0.2, 0.25) is 0 Å². The number of hydrogen-bond acceptors (Lipinski definition) is 4. The second-order valence-corrected chi connectivity index (χ2v) is 5.30. The van der Waals surface area contributed by atoms with Crippen molar-refractivity contribution in [1.82, 2.24) is 0 Å². The second-order valence-electron chi connectivity index (χ2n) is 4.44. The standard InChI is InChI=1S/C11H15BrN2O3/c1-7(15)11(2,3)13-10-5-4-8(14(16)17)6-9(10)12/h4-7,13,15H,1-3H3. The third-order valence-electron chi connectivity index (χ3n) is 2.66. The van der Waals surface area contributed by atoms with Crippen LogP contribution in [0, 0.1) is 10.1 Å². The summed E-state index contributed by atoms with van der Waals surface area (Å²) in [5.74, 6) is 0. The van der Waals surface area contributed by atoms with Crippen LogP contribution in [0.1, 0.15) is 20.8 Å². The topological polar surface area (TPSA) is 75.4 Å². The summed E-state index contributed by atoms with van der Waals surface area (Å²) >= 11 is 3.27. The van der Waals surface area contributed by atoms with Crippen molar-refractivity contribution in [3.05, 3.63) is 32.8 Å². The zero-order valence-corrected chi connectivity index (χ0v) is 11.5. The number of benzene rings is 1. The molecule has 1 unspecified atom stereocenters. The van der Waals surface area contributed by atoms with Crippen LogP contribution in [0.25, 0.3) is 0 Å². The van der Waals surface area contributed by atoms with Crippen LogP contribution in [0.15, 0.2) is 22.7 Å². The number of nitrogens with one attached hydrogen (secondary N) is 1. The second kappa shape index (κ2) is 5.01. The molecule has 0 spiro atoms. The molecule has 0 fully saturated rings. The molecule has 0 aliphatic rings. The number of aliphatic hydroxyl groups excluding tert-OH is 1. The average molecular weight is 303 g/mol. The highest BCUT2D eigenvalue weighted by molar-refractivity contribution is 9.10. The number of nitrogens with zero attached hydrogens (tertiary/aromatic N) is 1. The molecule has 1 atom stereocenters. The molecule has 1 aromatic carbocycles. The smallest absolute Gasteiger partial charge is 0.270 e. The molecule has 2 N–H and O–H groups in total. The third-order valence-corrected chi connectivity index (χ3v) is 3.32. The normalized spacial score (nSPS) is 13.2. The molecule has 0 radical (unpaired) electrons. The summed E-state index contributed by atoms with van der Waals surface area (Å²) in [6.07, 6.45) is -0.551. The number of hydrogen-bond donors (Lipinski definition) is 2. The van der Waals surface area contributed by atoms with Gasteiger partial charge in [0.15, 0.2) is 0 Å². The fraction of sp³-hybridized carbons (Fsp3) is 0.455. The summed E-state index contributed by atoms with van der Waals surface area (Å²) in [4.78, 5) is 10.1. The van der Waals surface area contributed by atoms with Gasteiger partial charge in [0.25, 0.3) is 5.69 Å². The summed E-state index contributed by atoms with van der Waals surface area (Å²) in [6.45, 7) is 5.39. The molecule has 0 aliphatic heterocycles. The first kappa shape index (κ1) is 13.9. The van der Waals surface area contributed by atoms with Crippen LogP contribution in [0.5, 0.6) is 0 Å². The minimum atomic E-state index is -0.551. The van der Waals surface area contributed by atoms with Crippen molar-refractivity contribution in [2.24, 2.45) is 0 Å². The first-order chi connectivity index (χ1) is 7.74. The Hall–Kier alpha value is -1.14. The molecule has 1 aromatic rings. The van der Waals surface area contributed by atoms with E-state index in [1.165, 1.54) is 12.1 Å². The molecule has 6 heteroatoms. The van der Waals surface area contributed by atoms with Gasteiger partial charge in [-0.25, -0.2) is 0 Å². The molecule has 17 heavy (non-hydrogen) atoms. The Labute approximate surface area is 108 Å². The number of rotatable bonds is 4. The lowest BCUT2D eigenvalue weighted by Crippen LogP contribution is -2.41. The molecule has 0 saturated carbocycles. The monoisotopic (exact) mass is 302 g/mol. The maximum atomic E-state index is 10.6. The number of aliphatic hydroxyl groups is 1. The summed E-state index contributed by atoms with van der Waals surface area (Å²) in [5, 5.41) is 23.3. The molecule has 5 nitrogen and oxygen atoms in total. The predicted octanol–water partition coefficient (Wildman–Crippen LogP) is 2.93. The van der Waals surface area contributed by atoms with Crippen LogP contribution in [-0.4, -0.2) is 21.7 Å². The first-order valence-electron chi connectivity index (χ1n) is 5.14. The Balaban J connectivity index is 2.98. The Morgan fingerprint density at radius 3 is 2.53 bits per heavy atom. The van der Waals surface area contributed by atoms with Crippen molar-refractivity contribution in [2.75, 3.05) is 5.32 Å². The number of non-ortho nitro benzene ring substituents is 1. The van der Waals surface area contributed by atoms with Gasteiger partial charge in [-0.2, -0.15) is 0 Å². The number of anilines is 1. The predicted molar refractivity (Wildman–Crippen MR) is 70.2 cm³/mol. The molecule has 0 heterocycles. The van der Waals surface area contributed by atoms with Gasteiger partial charge in [-0.15, -0.1) is 0 Å². The SMILES string of the molecule is CC(O)C(C)(C)Nc1ccc([N+](=O)[O-])cc1Br. The van der Waals surface area contributed by atoms with Crippen LogP contribution < -0.4 is 5.32 Å². The van der Waals surface area contributed by atoms with Gasteiger partial charge in [0.1, 0.15) is 0 Å². The molecule has 0 aliphatic carbocycles. The van der Waals surface area contributed by atoms with Crippen molar-refractivity contribution >= 4 is 27.3 Å². The molecular weight excluding hydrogens is 288 g/mol. The number of nitro groups is 1. The van der Waals surface area contributed by atoms with Crippen molar-refractivity contribution in [1.29, 1.82) is 0 Å². The van der Waals surface area contributed by atoms with Gasteiger partial charge in [-0.05, 0) is 42.8 Å². The average Bonchev–Trinajstić information content (AvgIpc) is 2.20. The van der Waals surface area contributed by atoms with E-state index < -0.39 is 16.6 Å². The molecular formula is C11H15BrN2O3. The van der Waals surface area contributed by atoms with Gasteiger partial charge in [-0.3, -0.25) is 10.1 Å². The number of nitro benzene ring substituents is 1. The van der Waals surface area contributed by atoms with Crippen LogP contribution in [0.3, 0.4) is 0 Å². The van der Waals surface area contributed by atoms with Crippen molar-refractivity contribution in [3.8, 4) is 0 Å². The summed E-state index contributed by atoms with van der Waals surface area (Å²) < 4.78 is 0.598. The van der Waals surface area contributed by atoms with Crippen molar-refractivity contribution in [3.63, 3.8) is 0 Å². The van der Waals surface area contributed by atoms with E-state index in [4.69, 9.17) is 0 Å². The highest BCUT2D eigenvalue weighted by Gasteiger charge is 2.24. The third kappa shape index (κ3) is 3.41. The zero-order chi connectivity index (χ0) is 13.2. The minimum absolute atomic E-state index is 0.0253. The van der Waals surface area contributed by atoms with Crippen molar-refractivity contribution < 1.29 is 10.0 Å². The summed E-state index contributed by atoms with van der Waals surface area (Å²) in [6, 6.07) is 4.47. The van der Waals surface area contributed by atoms with Crippen LogP contribution in [0.4, 0.5) is 11.4 Å². The fourth-order valence-corrected chi connectivity index (χ4v) is 1.64. The summed E-state index contributed by atoms with van der Waals surface area (Å²) in [5.41, 5.74) is 0.220. The molecule has 0 bridgehead atoms. The van der Waals surface area contributed by atoms with Gasteiger partial charge in [0.05, 0.1) is 16.6 Å². The Morgan fingerprint density at radius 1 is 1.53 bits per heavy atom. The lowest BCUT2D eigenvalue weighted by Gasteiger charge is -2.31. The van der Waals surface area contributed by atoms with E-state index in [9.17, 15) is 15.2 Å². The molecule has 0 aromatic heterocycles. The number of halogens is 1. The first-order valence-corrected chi connectivity index (χ1v) is 5.93. The molecule has 0 amide bonds. The quantitative estimate of drug-likeness (QED) is 0.662. The Bertz CT molecular complexity index is 433. The van der Waals surface area contributed by atoms with Gasteiger partial charge >= 0.3 is 0 Å². The van der Waals surface area contributed by atoms with Gasteiger partial charge in [-0.1, -0.05) is 0 Å². The largest absolute Gasteiger partial charge is 0.391 e. The minimum Gasteiger partial charge on any atom is -0.391 e. The van der Waals surface area contributed by atoms with Gasteiger partial charge in [0, 0.05) is 22.3 Å². The highest BCUT2D eigenvalue weighted by atomic mass is 79.9. The van der Waals surface area contributed by atoms with Crippen molar-refractivity contribution in [2.45, 2.75) is 32.4 Å². The van der Waals surface area contributed by atoms with Gasteiger partial charge < -0.3 is 10.4 Å². The fourth-order valence-electron chi connectivity index (χ4n) is 1.17. The maximum Gasteiger partial charge on any atom is 0.270 e. The Kier molecular flexibility index (Phi) is 4.11. The molecule has 1 rings (SSSR count). The van der Waals surface area contributed by atoms with E-state index in [0.717, 1.165) is 0 Å². The van der Waals surface area contributed by atoms with E-state index >= 15 is 0 Å². The van der Waals surface area contributed by atoms with E-state index in [0.29, 0.717) is 10.2 Å². The maximum absolute atomic E-state index is 10.6. The highest BCUT2D eigenvalue weighted by Crippen LogP contribution is 2.29. The van der Waals surface area contributed by atoms with Gasteiger partial charge in [0.2, 0.25) is 0 Å². The lowest BCUT2D eigenvalue weighted by atomic mass is 9.98. The van der Waals surface area contributed by atoms with E-state index in [1.54, 1.807) is 13.0 Å². The molecule has 94 valence electrons.